The topological polar surface area (TPSA) is 20.2 Å². The Bertz CT molecular complexity index is 514. The van der Waals surface area contributed by atoms with E-state index in [0.717, 1.165) is 26.2 Å². The maximum Gasteiger partial charge on any atom is 0.0483 e. The van der Waals surface area contributed by atoms with E-state index in [1.807, 2.05) is 0 Å². The summed E-state index contributed by atoms with van der Waals surface area (Å²) in [4.78, 5) is 2.23. The van der Waals surface area contributed by atoms with E-state index in [4.69, 9.17) is 0 Å². The molecule has 0 saturated carbocycles. The fourth-order valence-corrected chi connectivity index (χ4v) is 2.33. The third-order valence-corrected chi connectivity index (χ3v) is 3.42. The van der Waals surface area contributed by atoms with Crippen molar-refractivity contribution in [2.75, 3.05) is 33.7 Å². The standard InChI is InChI=1S/C16H25N3/c1-14-5-6-15-7-11-19(16(15)13-14)12-9-17-8-4-10-18(2)3/h5-7,11,13,17H,4,8-10,12H2,1-3H3. The van der Waals surface area contributed by atoms with Crippen LogP contribution in [0.25, 0.3) is 10.9 Å². The van der Waals surface area contributed by atoms with Gasteiger partial charge in [0, 0.05) is 24.8 Å². The highest BCUT2D eigenvalue weighted by molar-refractivity contribution is 5.80. The highest BCUT2D eigenvalue weighted by Crippen LogP contribution is 2.16. The van der Waals surface area contributed by atoms with Crippen LogP contribution < -0.4 is 5.32 Å². The van der Waals surface area contributed by atoms with E-state index in [9.17, 15) is 0 Å². The molecule has 0 spiro atoms. The number of aromatic nitrogens is 1. The van der Waals surface area contributed by atoms with Crippen molar-refractivity contribution in [2.24, 2.45) is 0 Å². The SMILES string of the molecule is Cc1ccc2ccn(CCNCCCN(C)C)c2c1. The molecule has 1 N–H and O–H groups in total. The molecule has 0 atom stereocenters. The van der Waals surface area contributed by atoms with Crippen molar-refractivity contribution >= 4 is 10.9 Å². The van der Waals surface area contributed by atoms with E-state index >= 15 is 0 Å². The first kappa shape index (κ1) is 14.1. The lowest BCUT2D eigenvalue weighted by Gasteiger charge is -2.10. The molecule has 19 heavy (non-hydrogen) atoms. The summed E-state index contributed by atoms with van der Waals surface area (Å²) in [6.45, 7) is 6.46. The number of nitrogens with zero attached hydrogens (tertiary/aromatic N) is 2. The van der Waals surface area contributed by atoms with Crippen molar-refractivity contribution in [3.05, 3.63) is 36.0 Å². The van der Waals surface area contributed by atoms with Crippen molar-refractivity contribution in [1.29, 1.82) is 0 Å². The van der Waals surface area contributed by atoms with Crippen LogP contribution >= 0.6 is 0 Å². The van der Waals surface area contributed by atoms with Crippen LogP contribution in [0.15, 0.2) is 30.5 Å². The summed E-state index contributed by atoms with van der Waals surface area (Å²) >= 11 is 0. The van der Waals surface area contributed by atoms with E-state index in [1.54, 1.807) is 0 Å². The lowest BCUT2D eigenvalue weighted by Crippen LogP contribution is -2.24. The number of benzene rings is 1. The van der Waals surface area contributed by atoms with E-state index in [2.05, 4.69) is 66.3 Å². The van der Waals surface area contributed by atoms with Crippen molar-refractivity contribution in [2.45, 2.75) is 19.9 Å². The Morgan fingerprint density at radius 2 is 2.00 bits per heavy atom. The van der Waals surface area contributed by atoms with Gasteiger partial charge in [0.15, 0.2) is 0 Å². The Morgan fingerprint density at radius 1 is 1.16 bits per heavy atom. The van der Waals surface area contributed by atoms with Crippen LogP contribution in [0.4, 0.5) is 0 Å². The van der Waals surface area contributed by atoms with Crippen molar-refractivity contribution < 1.29 is 0 Å². The van der Waals surface area contributed by atoms with Crippen LogP contribution in [0.5, 0.6) is 0 Å². The van der Waals surface area contributed by atoms with Crippen LogP contribution in [0.2, 0.25) is 0 Å². The average Bonchev–Trinajstić information content (AvgIpc) is 2.76. The van der Waals surface area contributed by atoms with Gasteiger partial charge in [0.2, 0.25) is 0 Å². The van der Waals surface area contributed by atoms with Gasteiger partial charge < -0.3 is 14.8 Å². The van der Waals surface area contributed by atoms with Crippen LogP contribution in [0.1, 0.15) is 12.0 Å². The zero-order chi connectivity index (χ0) is 13.7. The van der Waals surface area contributed by atoms with Gasteiger partial charge in [-0.2, -0.15) is 0 Å². The minimum Gasteiger partial charge on any atom is -0.346 e. The molecule has 0 fully saturated rings. The summed E-state index contributed by atoms with van der Waals surface area (Å²) in [5, 5.41) is 4.84. The molecule has 1 heterocycles. The molecule has 2 aromatic rings. The smallest absolute Gasteiger partial charge is 0.0483 e. The van der Waals surface area contributed by atoms with E-state index in [1.165, 1.54) is 22.9 Å². The zero-order valence-corrected chi connectivity index (χ0v) is 12.3. The summed E-state index contributed by atoms with van der Waals surface area (Å²) in [5.74, 6) is 0. The summed E-state index contributed by atoms with van der Waals surface area (Å²) in [5.41, 5.74) is 2.67. The molecule has 0 saturated heterocycles. The summed E-state index contributed by atoms with van der Waals surface area (Å²) < 4.78 is 2.33. The van der Waals surface area contributed by atoms with Gasteiger partial charge in [-0.05, 0) is 63.6 Å². The Labute approximate surface area is 116 Å². The maximum atomic E-state index is 3.51. The largest absolute Gasteiger partial charge is 0.346 e. The molecule has 0 aliphatic rings. The van der Waals surface area contributed by atoms with Gasteiger partial charge in [0.05, 0.1) is 0 Å². The molecular weight excluding hydrogens is 234 g/mol. The van der Waals surface area contributed by atoms with E-state index < -0.39 is 0 Å². The van der Waals surface area contributed by atoms with E-state index in [-0.39, 0.29) is 0 Å². The molecule has 104 valence electrons. The Morgan fingerprint density at radius 3 is 2.79 bits per heavy atom. The molecule has 3 nitrogen and oxygen atoms in total. The summed E-state index contributed by atoms with van der Waals surface area (Å²) in [6, 6.07) is 8.83. The maximum absolute atomic E-state index is 3.51. The minimum atomic E-state index is 1.03. The predicted molar refractivity (Wildman–Crippen MR) is 82.7 cm³/mol. The normalized spacial score (nSPS) is 11.6. The fourth-order valence-electron chi connectivity index (χ4n) is 2.33. The number of hydrogen-bond acceptors (Lipinski definition) is 2. The van der Waals surface area contributed by atoms with Gasteiger partial charge >= 0.3 is 0 Å². The van der Waals surface area contributed by atoms with Gasteiger partial charge in [-0.15, -0.1) is 0 Å². The minimum absolute atomic E-state index is 1.03. The molecule has 0 radical (unpaired) electrons. The monoisotopic (exact) mass is 259 g/mol. The first-order valence-electron chi connectivity index (χ1n) is 7.08. The average molecular weight is 259 g/mol. The molecule has 0 aliphatic carbocycles. The second-order valence-electron chi connectivity index (χ2n) is 5.48. The van der Waals surface area contributed by atoms with Gasteiger partial charge in [0.1, 0.15) is 0 Å². The first-order chi connectivity index (χ1) is 9.16. The lowest BCUT2D eigenvalue weighted by atomic mass is 10.2. The third kappa shape index (κ3) is 4.08. The van der Waals surface area contributed by atoms with Crippen molar-refractivity contribution in [3.63, 3.8) is 0 Å². The number of fused-ring (bicyclic) bond motifs is 1. The van der Waals surface area contributed by atoms with Gasteiger partial charge in [0.25, 0.3) is 0 Å². The quantitative estimate of drug-likeness (QED) is 0.771. The summed E-state index contributed by atoms with van der Waals surface area (Å²) in [6.07, 6.45) is 3.39. The first-order valence-corrected chi connectivity index (χ1v) is 7.08. The molecule has 3 heteroatoms. The highest BCUT2D eigenvalue weighted by atomic mass is 15.1. The van der Waals surface area contributed by atoms with Gasteiger partial charge in [-0.3, -0.25) is 0 Å². The molecule has 0 unspecified atom stereocenters. The number of hydrogen-bond donors (Lipinski definition) is 1. The van der Waals surface area contributed by atoms with Crippen molar-refractivity contribution in [3.8, 4) is 0 Å². The second kappa shape index (κ2) is 6.73. The zero-order valence-electron chi connectivity index (χ0n) is 12.3. The van der Waals surface area contributed by atoms with Gasteiger partial charge in [-0.25, -0.2) is 0 Å². The van der Waals surface area contributed by atoms with Crippen molar-refractivity contribution in [1.82, 2.24) is 14.8 Å². The van der Waals surface area contributed by atoms with Crippen LogP contribution in [0, 0.1) is 6.92 Å². The fraction of sp³-hybridized carbons (Fsp3) is 0.500. The Balaban J connectivity index is 1.80. The Hall–Kier alpha value is -1.32. The predicted octanol–water partition coefficient (Wildman–Crippen LogP) is 2.49. The summed E-state index contributed by atoms with van der Waals surface area (Å²) in [7, 11) is 4.24. The second-order valence-corrected chi connectivity index (χ2v) is 5.48. The molecule has 1 aromatic heterocycles. The number of aryl methyl sites for hydroxylation is 1. The van der Waals surface area contributed by atoms with Crippen LogP contribution in [-0.4, -0.2) is 43.2 Å². The molecule has 1 aromatic carbocycles. The lowest BCUT2D eigenvalue weighted by molar-refractivity contribution is 0.393. The molecule has 0 amide bonds. The molecule has 0 aliphatic heterocycles. The molecule has 0 bridgehead atoms. The third-order valence-electron chi connectivity index (χ3n) is 3.42. The number of nitrogens with one attached hydrogen (secondary N) is 1. The van der Waals surface area contributed by atoms with Gasteiger partial charge in [-0.1, -0.05) is 12.1 Å². The molecule has 2 rings (SSSR count). The van der Waals surface area contributed by atoms with Crippen LogP contribution in [-0.2, 0) is 6.54 Å². The Kier molecular flexibility index (Phi) is 5.00. The number of rotatable bonds is 7. The molecular formula is C16H25N3. The highest BCUT2D eigenvalue weighted by Gasteiger charge is 2.00. The van der Waals surface area contributed by atoms with E-state index in [0.29, 0.717) is 0 Å². The van der Waals surface area contributed by atoms with Crippen LogP contribution in [0.3, 0.4) is 0 Å².